The molecule has 0 unspecified atom stereocenters. The van der Waals surface area contributed by atoms with Crippen LogP contribution in [0.2, 0.25) is 0 Å². The molecule has 112 valence electrons. The number of hydrogen-bond donors (Lipinski definition) is 0. The summed E-state index contributed by atoms with van der Waals surface area (Å²) in [5, 5.41) is 0. The maximum absolute atomic E-state index is 5.71. The minimum absolute atomic E-state index is 0.244. The Morgan fingerprint density at radius 2 is 1.27 bits per heavy atom. The molecule has 2 bridgehead atoms. The highest BCUT2D eigenvalue weighted by molar-refractivity contribution is 5.65. The molecule has 1 aromatic carbocycles. The zero-order valence-electron chi connectivity index (χ0n) is 13.0. The lowest BCUT2D eigenvalue weighted by Crippen LogP contribution is -2.58. The van der Waals surface area contributed by atoms with E-state index < -0.39 is 0 Å². The number of hydrogen-bond acceptors (Lipinski definition) is 2. The fourth-order valence-corrected chi connectivity index (χ4v) is 5.49. The second-order valence-corrected chi connectivity index (χ2v) is 6.93. The van der Waals surface area contributed by atoms with Crippen molar-refractivity contribution < 1.29 is 9.47 Å². The number of benzene rings is 1. The summed E-state index contributed by atoms with van der Waals surface area (Å²) in [6.07, 6.45) is 16.7. The lowest BCUT2D eigenvalue weighted by Gasteiger charge is -2.66. The molecule has 22 heavy (non-hydrogen) atoms. The van der Waals surface area contributed by atoms with Crippen LogP contribution in [0, 0.1) is 10.8 Å². The molecule has 6 rings (SSSR count). The van der Waals surface area contributed by atoms with Crippen molar-refractivity contribution in [2.45, 2.75) is 24.7 Å². The van der Waals surface area contributed by atoms with Crippen LogP contribution >= 0.6 is 0 Å². The van der Waals surface area contributed by atoms with Crippen LogP contribution < -0.4 is 9.47 Å². The van der Waals surface area contributed by atoms with Gasteiger partial charge in [0.1, 0.15) is 11.5 Å². The summed E-state index contributed by atoms with van der Waals surface area (Å²) in [6, 6.07) is 4.12. The van der Waals surface area contributed by atoms with Gasteiger partial charge in [0.25, 0.3) is 0 Å². The molecule has 2 heteroatoms. The molecule has 0 saturated carbocycles. The molecule has 0 radical (unpaired) electrons. The van der Waals surface area contributed by atoms with Crippen molar-refractivity contribution in [1.29, 1.82) is 0 Å². The Kier molecular flexibility index (Phi) is 2.21. The van der Waals surface area contributed by atoms with Crippen molar-refractivity contribution in [3.63, 3.8) is 0 Å². The highest BCUT2D eigenvalue weighted by Gasteiger charge is 2.66. The standard InChI is InChI=1S/C20H20O2/c1-21-15-7-8-16(22-2)18-14-6-5-13(17(15)18)19-9-3-4-10-20(14,19)12-11-19/h3-8,11-14H,9-10H2,1-2H3/t13-,14+,19-,20+. The zero-order valence-corrected chi connectivity index (χ0v) is 13.0. The van der Waals surface area contributed by atoms with Gasteiger partial charge >= 0.3 is 0 Å². The minimum atomic E-state index is 0.244. The average molecular weight is 292 g/mol. The van der Waals surface area contributed by atoms with E-state index in [0.29, 0.717) is 11.8 Å². The van der Waals surface area contributed by atoms with Gasteiger partial charge in [-0.3, -0.25) is 0 Å². The van der Waals surface area contributed by atoms with E-state index >= 15 is 0 Å². The summed E-state index contributed by atoms with van der Waals surface area (Å²) in [7, 11) is 3.55. The number of ether oxygens (including phenoxy) is 2. The predicted molar refractivity (Wildman–Crippen MR) is 86.5 cm³/mol. The van der Waals surface area contributed by atoms with Gasteiger partial charge in [-0.25, -0.2) is 0 Å². The predicted octanol–water partition coefficient (Wildman–Crippen LogP) is 4.35. The quantitative estimate of drug-likeness (QED) is 0.755. The highest BCUT2D eigenvalue weighted by Crippen LogP contribution is 2.76. The van der Waals surface area contributed by atoms with Crippen molar-refractivity contribution in [2.24, 2.45) is 10.8 Å². The molecule has 0 saturated heterocycles. The largest absolute Gasteiger partial charge is 0.496 e. The number of methoxy groups -OCH3 is 2. The van der Waals surface area contributed by atoms with Crippen LogP contribution in [0.4, 0.5) is 0 Å². The molecule has 5 aliphatic rings. The van der Waals surface area contributed by atoms with E-state index in [2.05, 4.69) is 48.6 Å². The molecule has 0 amide bonds. The molecule has 4 atom stereocenters. The second-order valence-electron chi connectivity index (χ2n) is 6.93. The number of rotatable bonds is 2. The van der Waals surface area contributed by atoms with Crippen molar-refractivity contribution >= 4 is 0 Å². The summed E-state index contributed by atoms with van der Waals surface area (Å²) in [4.78, 5) is 0. The van der Waals surface area contributed by atoms with E-state index in [0.717, 1.165) is 24.3 Å². The summed E-state index contributed by atoms with van der Waals surface area (Å²) >= 11 is 0. The van der Waals surface area contributed by atoms with E-state index in [9.17, 15) is 0 Å². The van der Waals surface area contributed by atoms with Crippen LogP contribution in [-0.4, -0.2) is 14.2 Å². The van der Waals surface area contributed by atoms with Crippen LogP contribution in [0.1, 0.15) is 35.8 Å². The van der Waals surface area contributed by atoms with Crippen molar-refractivity contribution in [3.05, 3.63) is 59.7 Å². The Labute approximate surface area is 131 Å². The molecule has 0 N–H and O–H groups in total. The lowest BCUT2D eigenvalue weighted by atomic mass is 9.36. The Morgan fingerprint density at radius 1 is 0.818 bits per heavy atom. The third kappa shape index (κ3) is 1.10. The summed E-state index contributed by atoms with van der Waals surface area (Å²) < 4.78 is 11.4. The minimum Gasteiger partial charge on any atom is -0.496 e. The fourth-order valence-electron chi connectivity index (χ4n) is 5.49. The Bertz CT molecular complexity index is 696. The van der Waals surface area contributed by atoms with E-state index in [-0.39, 0.29) is 10.8 Å². The van der Waals surface area contributed by atoms with Gasteiger partial charge in [-0.05, 0) is 25.0 Å². The van der Waals surface area contributed by atoms with Gasteiger partial charge in [0, 0.05) is 33.8 Å². The third-order valence-corrected chi connectivity index (χ3v) is 6.50. The maximum Gasteiger partial charge on any atom is 0.123 e. The van der Waals surface area contributed by atoms with Gasteiger partial charge in [-0.1, -0.05) is 36.5 Å². The molecule has 0 fully saturated rings. The fraction of sp³-hybridized carbons (Fsp3) is 0.400. The number of allylic oxidation sites excluding steroid dienone is 6. The second kappa shape index (κ2) is 3.87. The average Bonchev–Trinajstić information content (AvgIpc) is 2.55. The van der Waals surface area contributed by atoms with Gasteiger partial charge in [-0.15, -0.1) is 0 Å². The van der Waals surface area contributed by atoms with Crippen LogP contribution in [-0.2, 0) is 0 Å². The summed E-state index contributed by atoms with van der Waals surface area (Å²) in [6.45, 7) is 0. The lowest BCUT2D eigenvalue weighted by molar-refractivity contribution is 0.0341. The van der Waals surface area contributed by atoms with Crippen LogP contribution in [0.15, 0.2) is 48.6 Å². The molecule has 0 aromatic heterocycles. The van der Waals surface area contributed by atoms with Gasteiger partial charge in [0.05, 0.1) is 14.2 Å². The van der Waals surface area contributed by atoms with Crippen molar-refractivity contribution in [3.8, 4) is 11.5 Å². The molecule has 2 nitrogen and oxygen atoms in total. The first-order valence-corrected chi connectivity index (χ1v) is 8.06. The van der Waals surface area contributed by atoms with Crippen molar-refractivity contribution in [1.82, 2.24) is 0 Å². The summed E-state index contributed by atoms with van der Waals surface area (Å²) in [5.41, 5.74) is 3.19. The third-order valence-electron chi connectivity index (χ3n) is 6.50. The van der Waals surface area contributed by atoms with Crippen LogP contribution in [0.5, 0.6) is 11.5 Å². The first kappa shape index (κ1) is 12.6. The van der Waals surface area contributed by atoms with Crippen molar-refractivity contribution in [2.75, 3.05) is 14.2 Å². The van der Waals surface area contributed by atoms with Crippen LogP contribution in [0.3, 0.4) is 0 Å². The molecule has 0 heterocycles. The molecule has 0 spiro atoms. The first-order valence-electron chi connectivity index (χ1n) is 8.06. The summed E-state index contributed by atoms with van der Waals surface area (Å²) in [5.74, 6) is 2.81. The van der Waals surface area contributed by atoms with E-state index in [1.54, 1.807) is 14.2 Å². The monoisotopic (exact) mass is 292 g/mol. The van der Waals surface area contributed by atoms with E-state index in [1.165, 1.54) is 11.1 Å². The topological polar surface area (TPSA) is 18.5 Å². The van der Waals surface area contributed by atoms with Gasteiger partial charge < -0.3 is 9.47 Å². The zero-order chi connectivity index (χ0) is 14.9. The van der Waals surface area contributed by atoms with Crippen LogP contribution in [0.25, 0.3) is 0 Å². The molecular formula is C20H20O2. The van der Waals surface area contributed by atoms with E-state index in [1.807, 2.05) is 0 Å². The van der Waals surface area contributed by atoms with Gasteiger partial charge in [0.15, 0.2) is 0 Å². The van der Waals surface area contributed by atoms with Gasteiger partial charge in [0.2, 0.25) is 0 Å². The van der Waals surface area contributed by atoms with E-state index in [4.69, 9.17) is 9.47 Å². The molecule has 0 aliphatic heterocycles. The Hall–Kier alpha value is -1.96. The Morgan fingerprint density at radius 3 is 1.64 bits per heavy atom. The molecule has 1 aromatic rings. The smallest absolute Gasteiger partial charge is 0.123 e. The highest BCUT2D eigenvalue weighted by atomic mass is 16.5. The SMILES string of the molecule is COc1ccc(OC)c2c1[C@H]1C=C[C@@H]2[C@]23C=C[C@]12CC=CC3. The maximum atomic E-state index is 5.71. The molecular weight excluding hydrogens is 272 g/mol. The van der Waals surface area contributed by atoms with Gasteiger partial charge in [-0.2, -0.15) is 0 Å². The normalized spacial score (nSPS) is 38.8. The molecule has 5 aliphatic carbocycles. The Balaban J connectivity index is 1.84. The first-order chi connectivity index (χ1) is 10.8.